The van der Waals surface area contributed by atoms with Gasteiger partial charge in [0.15, 0.2) is 0 Å². The van der Waals surface area contributed by atoms with Crippen molar-refractivity contribution in [2.24, 2.45) is 23.5 Å². The molecule has 19 heteroatoms. The van der Waals surface area contributed by atoms with Gasteiger partial charge in [0.25, 0.3) is 5.91 Å². The van der Waals surface area contributed by atoms with Crippen LogP contribution < -0.4 is 21.1 Å². The molecule has 10 atom stereocenters. The molecule has 2 aliphatic heterocycles. The van der Waals surface area contributed by atoms with Crippen LogP contribution in [0.25, 0.3) is 0 Å². The number of hydrogen-bond donors (Lipinski definition) is 4. The van der Waals surface area contributed by atoms with Gasteiger partial charge in [-0.3, -0.25) is 38.4 Å². The molecular weight excluding hydrogens is 927 g/mol. The zero-order chi connectivity index (χ0) is 54.1. The van der Waals surface area contributed by atoms with Gasteiger partial charge in [-0.15, -0.1) is 0 Å². The Morgan fingerprint density at radius 1 is 0.792 bits per heavy atom. The molecule has 0 aliphatic carbocycles. The lowest BCUT2D eigenvalue weighted by Crippen LogP contribution is -2.62. The molecule has 2 heterocycles. The fourth-order valence-corrected chi connectivity index (χ4v) is 9.54. The Morgan fingerprint density at radius 3 is 1.88 bits per heavy atom. The van der Waals surface area contributed by atoms with Gasteiger partial charge in [-0.05, 0) is 87.3 Å². The molecule has 0 radical (unpaired) electrons. The number of carbonyl (C=O) groups excluding carboxylic acids is 9. The fraction of sp³-hybridized carbons (Fsp3) is 0.717. The van der Waals surface area contributed by atoms with E-state index in [-0.39, 0.29) is 68.1 Å². The summed E-state index contributed by atoms with van der Waals surface area (Å²) in [6.45, 7) is 16.2. The Labute approximate surface area is 427 Å². The van der Waals surface area contributed by atoms with Crippen molar-refractivity contribution in [3.05, 3.63) is 29.8 Å². The quantitative estimate of drug-likeness (QED) is 0.0695. The van der Waals surface area contributed by atoms with Crippen molar-refractivity contribution in [1.29, 1.82) is 0 Å². The zero-order valence-electron chi connectivity index (χ0n) is 44.9. The van der Waals surface area contributed by atoms with E-state index in [0.717, 1.165) is 13.3 Å². The van der Waals surface area contributed by atoms with Crippen LogP contribution in [0.3, 0.4) is 0 Å². The van der Waals surface area contributed by atoms with Gasteiger partial charge in [0.05, 0.1) is 25.3 Å². The summed E-state index contributed by atoms with van der Waals surface area (Å²) < 4.78 is 11.5. The number of ether oxygens (including phenoxy) is 2. The highest BCUT2D eigenvalue weighted by atomic mass is 16.5. The van der Waals surface area contributed by atoms with Crippen LogP contribution in [0, 0.1) is 17.8 Å². The van der Waals surface area contributed by atoms with E-state index in [0.29, 0.717) is 56.4 Å². The van der Waals surface area contributed by atoms with Crippen LogP contribution in [0.4, 0.5) is 0 Å². The summed E-state index contributed by atoms with van der Waals surface area (Å²) in [6.07, 6.45) is 1.24. The van der Waals surface area contributed by atoms with Gasteiger partial charge in [-0.1, -0.05) is 73.4 Å². The van der Waals surface area contributed by atoms with Crippen LogP contribution in [-0.4, -0.2) is 166 Å². The Bertz CT molecular complexity index is 2030. The zero-order valence-corrected chi connectivity index (χ0v) is 44.9. The number of aliphatic hydroxyl groups excluding tert-OH is 1. The largest absolute Gasteiger partial charge is 0.497 e. The fourth-order valence-electron chi connectivity index (χ4n) is 9.54. The lowest BCUT2D eigenvalue weighted by atomic mass is 9.90. The molecular formula is C53H85N7O12. The van der Waals surface area contributed by atoms with Crippen LogP contribution in [-0.2, 0) is 54.3 Å². The number of likely N-dealkylation sites (tertiary alicyclic amines) is 2. The van der Waals surface area contributed by atoms with Crippen molar-refractivity contribution >= 4 is 53.0 Å². The number of rotatable bonds is 28. The van der Waals surface area contributed by atoms with Crippen molar-refractivity contribution in [2.75, 3.05) is 34.3 Å². The van der Waals surface area contributed by atoms with Crippen LogP contribution >= 0.6 is 0 Å². The molecule has 2 fully saturated rings. The van der Waals surface area contributed by atoms with E-state index < -0.39 is 95.8 Å². The average molecular weight is 1010 g/mol. The second-order valence-corrected chi connectivity index (χ2v) is 20.7. The predicted molar refractivity (Wildman–Crippen MR) is 271 cm³/mol. The lowest BCUT2D eigenvalue weighted by molar-refractivity contribution is -0.162. The molecule has 0 saturated carbocycles. The first-order chi connectivity index (χ1) is 33.9. The molecule has 0 bridgehead atoms. The van der Waals surface area contributed by atoms with Crippen molar-refractivity contribution in [1.82, 2.24) is 30.2 Å². The summed E-state index contributed by atoms with van der Waals surface area (Å²) in [7, 11) is 4.38. The summed E-state index contributed by atoms with van der Waals surface area (Å²) in [5, 5.41) is 17.1. The molecule has 0 aromatic heterocycles. The molecule has 2 unspecified atom stereocenters. The Balaban J connectivity index is 2.10. The second-order valence-electron chi connectivity index (χ2n) is 20.7. The third-order valence-electron chi connectivity index (χ3n) is 14.0. The number of aliphatic hydroxyl groups is 1. The number of benzene rings is 1. The van der Waals surface area contributed by atoms with Gasteiger partial charge >= 0.3 is 5.97 Å². The summed E-state index contributed by atoms with van der Waals surface area (Å²) in [6, 6.07) is -1.04. The smallest absolute Gasteiger partial charge is 0.329 e. The van der Waals surface area contributed by atoms with E-state index in [2.05, 4.69) is 10.6 Å². The maximum atomic E-state index is 14.8. The topological polar surface area (TPSA) is 255 Å². The molecule has 19 nitrogen and oxygen atoms in total. The average Bonchev–Trinajstić information content (AvgIpc) is 4.04. The van der Waals surface area contributed by atoms with Crippen LogP contribution in [0.5, 0.6) is 5.75 Å². The summed E-state index contributed by atoms with van der Waals surface area (Å²) in [5.41, 5.74) is 6.94. The SMILES string of the molecule is CCCCC(=O)C[C@H](O)[C@H](NC(=O)[C@@H](NC(=O)C(CC(C)C)N(C)C(=O)C1CCCN1C(=O)C(C)=O)[C@@H](C)OC(=O)[C@H](Cc1ccc(OC)cc1)N(C)C(=O)[C@@H]1CCCN1C(=O)[C@@H](N)CC(C)C)[C@@H](C)CC. The minimum Gasteiger partial charge on any atom is -0.497 e. The van der Waals surface area contributed by atoms with E-state index in [9.17, 15) is 48.3 Å². The number of Topliss-reactive ketones (excluding diaryl/α,β-unsaturated/α-hetero) is 2. The minimum absolute atomic E-state index is 0.0590. The number of amides is 6. The Morgan fingerprint density at radius 2 is 1.35 bits per heavy atom. The van der Waals surface area contributed by atoms with E-state index in [4.69, 9.17) is 15.2 Å². The highest BCUT2D eigenvalue weighted by Gasteiger charge is 2.44. The molecule has 6 amide bonds. The maximum absolute atomic E-state index is 14.8. The van der Waals surface area contributed by atoms with Gasteiger partial charge in [-0.2, -0.15) is 0 Å². The molecule has 2 aliphatic rings. The molecule has 0 spiro atoms. The normalized spacial score (nSPS) is 19.1. The highest BCUT2D eigenvalue weighted by Crippen LogP contribution is 2.26. The minimum atomic E-state index is -1.66. The molecule has 2 saturated heterocycles. The van der Waals surface area contributed by atoms with Gasteiger partial charge < -0.3 is 50.5 Å². The Hall–Kier alpha value is -5.43. The standard InChI is InChI=1S/C53H85N7O12/c1-13-15-18-37(62)30-44(63)45(33(7)14-2)55-48(65)46(56-47(64)42(28-32(5)6)57(10)51(68)40-19-16-25-59(40)49(66)34(8)61)35(9)72-53(70)43(29-36-21-23-38(71-12)24-22-36)58(11)52(69)41-20-17-26-60(41)50(67)39(54)27-31(3)4/h21-24,31-33,35,39-46,63H,13-20,25-30,54H2,1-12H3,(H,55,65)(H,56,64)/t33-,35+,39-,40?,41-,42?,43-,44-,45+,46-/m0/s1. The molecule has 1 aromatic carbocycles. The number of carbonyl (C=O) groups is 9. The predicted octanol–water partition coefficient (Wildman–Crippen LogP) is 3.34. The van der Waals surface area contributed by atoms with Crippen molar-refractivity contribution in [2.45, 2.75) is 194 Å². The third-order valence-corrected chi connectivity index (χ3v) is 14.0. The van der Waals surface area contributed by atoms with Crippen molar-refractivity contribution in [3.8, 4) is 5.75 Å². The monoisotopic (exact) mass is 1010 g/mol. The van der Waals surface area contributed by atoms with Crippen LogP contribution in [0.2, 0.25) is 0 Å². The van der Waals surface area contributed by atoms with E-state index in [1.54, 1.807) is 31.2 Å². The molecule has 1 aromatic rings. The Kier molecular flexibility index (Phi) is 24.3. The number of likely N-dealkylation sites (N-methyl/N-ethyl adjacent to an activating group) is 2. The summed E-state index contributed by atoms with van der Waals surface area (Å²) >= 11 is 0. The number of methoxy groups -OCH3 is 1. The first kappa shape index (κ1) is 60.9. The first-order valence-electron chi connectivity index (χ1n) is 25.9. The van der Waals surface area contributed by atoms with Gasteiger partial charge in [0.2, 0.25) is 35.3 Å². The number of hydrogen-bond acceptors (Lipinski definition) is 13. The van der Waals surface area contributed by atoms with Crippen molar-refractivity contribution in [3.63, 3.8) is 0 Å². The molecule has 404 valence electrons. The molecule has 5 N–H and O–H groups in total. The van der Waals surface area contributed by atoms with Crippen LogP contribution in [0.15, 0.2) is 24.3 Å². The van der Waals surface area contributed by atoms with Crippen molar-refractivity contribution < 1.29 is 57.7 Å². The highest BCUT2D eigenvalue weighted by molar-refractivity contribution is 6.35. The van der Waals surface area contributed by atoms with E-state index in [1.807, 2.05) is 41.5 Å². The number of esters is 1. The van der Waals surface area contributed by atoms with Gasteiger partial charge in [0, 0.05) is 53.4 Å². The number of nitrogens with one attached hydrogen (secondary N) is 2. The summed E-state index contributed by atoms with van der Waals surface area (Å²) in [5.74, 6) is -5.59. The first-order valence-corrected chi connectivity index (χ1v) is 25.9. The molecule has 72 heavy (non-hydrogen) atoms. The lowest BCUT2D eigenvalue weighted by Gasteiger charge is -2.36. The maximum Gasteiger partial charge on any atom is 0.329 e. The molecule has 3 rings (SSSR count). The number of nitrogens with two attached hydrogens (primary N) is 1. The van der Waals surface area contributed by atoms with E-state index in [1.165, 1.54) is 47.7 Å². The number of nitrogens with zero attached hydrogens (tertiary/aromatic N) is 4. The van der Waals surface area contributed by atoms with E-state index >= 15 is 0 Å². The number of ketones is 2. The van der Waals surface area contributed by atoms with Crippen LogP contribution in [0.1, 0.15) is 139 Å². The number of unbranched alkanes of at least 4 members (excludes halogenated alkanes) is 1. The van der Waals surface area contributed by atoms with Gasteiger partial charge in [-0.25, -0.2) is 4.79 Å². The van der Waals surface area contributed by atoms with Gasteiger partial charge in [0.1, 0.15) is 47.8 Å². The second kappa shape index (κ2) is 28.7. The third kappa shape index (κ3) is 16.8. The summed E-state index contributed by atoms with van der Waals surface area (Å²) in [4.78, 5) is 130.